The summed E-state index contributed by atoms with van der Waals surface area (Å²) in [6.45, 7) is 1.98. The smallest absolute Gasteiger partial charge is 0.118 e. The second-order valence-corrected chi connectivity index (χ2v) is 2.62. The molecule has 4 N–H and O–H groups in total. The number of hydrogen-bond acceptors (Lipinski definition) is 6. The van der Waals surface area contributed by atoms with E-state index >= 15 is 0 Å². The number of hydroxylamine groups is 1. The number of aliphatic hydroxyl groups is 2. The number of nitrogens with one attached hydrogen (secondary N) is 1. The highest BCUT2D eigenvalue weighted by atomic mass is 16.6. The topological polar surface area (TPSA) is 79.2 Å². The molecule has 0 aromatic heterocycles. The van der Waals surface area contributed by atoms with Gasteiger partial charge in [-0.3, -0.25) is 5.21 Å². The molecule has 0 radical (unpaired) electrons. The molecular weight excluding hydrogens is 150 g/mol. The van der Waals surface area contributed by atoms with Gasteiger partial charge in [-0.1, -0.05) is 0 Å². The van der Waals surface area contributed by atoms with Gasteiger partial charge < -0.3 is 10.2 Å². The Bertz CT molecular complexity index is 122. The van der Waals surface area contributed by atoms with Crippen LogP contribution in [0.1, 0.15) is 6.92 Å². The maximum Gasteiger partial charge on any atom is 0.118 e. The fourth-order valence-corrected chi connectivity index (χ4v) is 0.950. The van der Waals surface area contributed by atoms with E-state index < -0.39 is 12.3 Å². The average molecular weight is 163 g/mol. The Balaban J connectivity index is 2.43. The average Bonchev–Trinajstić information content (AvgIpc) is 1.85. The molecule has 6 heteroatoms. The van der Waals surface area contributed by atoms with Gasteiger partial charge in [0.1, 0.15) is 6.23 Å². The third kappa shape index (κ3) is 2.37. The summed E-state index contributed by atoms with van der Waals surface area (Å²) in [5.74, 6) is 0. The van der Waals surface area contributed by atoms with E-state index in [1.54, 1.807) is 6.92 Å². The monoisotopic (exact) mass is 163 g/mol. The maximum atomic E-state index is 9.10. The lowest BCUT2D eigenvalue weighted by molar-refractivity contribution is -0.257. The van der Waals surface area contributed by atoms with Gasteiger partial charge in [0.15, 0.2) is 0 Å². The lowest BCUT2D eigenvalue weighted by atomic mass is 10.3. The van der Waals surface area contributed by atoms with Crippen LogP contribution in [-0.2, 0) is 0 Å². The Hall–Kier alpha value is -0.240. The molecular formula is C5H13N3O3. The minimum atomic E-state index is -0.736. The summed E-state index contributed by atoms with van der Waals surface area (Å²) in [4.78, 5) is 0. The van der Waals surface area contributed by atoms with Crippen molar-refractivity contribution in [3.8, 4) is 0 Å². The second kappa shape index (κ2) is 3.44. The van der Waals surface area contributed by atoms with Gasteiger partial charge in [0, 0.05) is 6.54 Å². The molecule has 0 saturated carbocycles. The van der Waals surface area contributed by atoms with Gasteiger partial charge in [0.05, 0.1) is 12.6 Å². The lowest BCUT2D eigenvalue weighted by Crippen LogP contribution is -2.61. The Kier molecular flexibility index (Phi) is 2.77. The molecule has 0 spiro atoms. The van der Waals surface area contributed by atoms with E-state index in [9.17, 15) is 0 Å². The predicted octanol–water partition coefficient (Wildman–Crippen LogP) is -1.89. The lowest BCUT2D eigenvalue weighted by Gasteiger charge is -2.36. The summed E-state index contributed by atoms with van der Waals surface area (Å²) in [6, 6.07) is 0. The first kappa shape index (κ1) is 8.85. The number of hydrogen-bond donors (Lipinski definition) is 4. The highest BCUT2D eigenvalue weighted by Crippen LogP contribution is 2.01. The van der Waals surface area contributed by atoms with Crippen molar-refractivity contribution in [2.24, 2.45) is 0 Å². The predicted molar refractivity (Wildman–Crippen MR) is 36.0 cm³/mol. The van der Waals surface area contributed by atoms with Crippen molar-refractivity contribution in [1.29, 1.82) is 0 Å². The van der Waals surface area contributed by atoms with Gasteiger partial charge in [-0.25, -0.2) is 0 Å². The zero-order valence-corrected chi connectivity index (χ0v) is 6.30. The maximum absolute atomic E-state index is 9.10. The highest BCUT2D eigenvalue weighted by Gasteiger charge is 2.24. The minimum Gasteiger partial charge on any atom is -0.390 e. The number of hydrazine groups is 2. The Morgan fingerprint density at radius 1 is 1.55 bits per heavy atom. The molecule has 1 aliphatic heterocycles. The molecule has 1 aliphatic rings. The van der Waals surface area contributed by atoms with Gasteiger partial charge in [0.25, 0.3) is 0 Å². The second-order valence-electron chi connectivity index (χ2n) is 2.62. The molecule has 0 aromatic rings. The molecule has 6 nitrogen and oxygen atoms in total. The van der Waals surface area contributed by atoms with Crippen LogP contribution in [0.5, 0.6) is 0 Å². The Labute approximate surface area is 64.5 Å². The number of nitrogens with zero attached hydrogens (tertiary/aromatic N) is 2. The van der Waals surface area contributed by atoms with Crippen LogP contribution in [0.15, 0.2) is 0 Å². The zero-order chi connectivity index (χ0) is 8.43. The van der Waals surface area contributed by atoms with Crippen molar-refractivity contribution in [1.82, 2.24) is 15.7 Å². The van der Waals surface area contributed by atoms with Gasteiger partial charge in [-0.05, 0) is 6.92 Å². The summed E-state index contributed by atoms with van der Waals surface area (Å²) in [5, 5.41) is 29.1. The van der Waals surface area contributed by atoms with E-state index in [0.29, 0.717) is 6.54 Å². The molecule has 1 fully saturated rings. The summed E-state index contributed by atoms with van der Waals surface area (Å²) in [5.41, 5.74) is 2.46. The third-order valence-electron chi connectivity index (χ3n) is 1.49. The van der Waals surface area contributed by atoms with Crippen LogP contribution >= 0.6 is 0 Å². The van der Waals surface area contributed by atoms with Gasteiger partial charge in [0.2, 0.25) is 0 Å². The fraction of sp³-hybridized carbons (Fsp3) is 1.00. The van der Waals surface area contributed by atoms with Crippen molar-refractivity contribution in [2.45, 2.75) is 19.3 Å². The first-order valence-electron chi connectivity index (χ1n) is 3.45. The quantitative estimate of drug-likeness (QED) is 0.362. The number of rotatable bonds is 1. The van der Waals surface area contributed by atoms with Crippen LogP contribution in [0.2, 0.25) is 0 Å². The first-order valence-corrected chi connectivity index (χ1v) is 3.45. The molecule has 66 valence electrons. The van der Waals surface area contributed by atoms with Crippen LogP contribution in [0.3, 0.4) is 0 Å². The van der Waals surface area contributed by atoms with Crippen LogP contribution in [0.25, 0.3) is 0 Å². The van der Waals surface area contributed by atoms with Crippen LogP contribution in [0.4, 0.5) is 0 Å². The Morgan fingerprint density at radius 2 is 2.18 bits per heavy atom. The number of β-amino-alcohol motifs (C(OH)–C–C–N with tert-alkyl or cyclic N) is 1. The zero-order valence-electron chi connectivity index (χ0n) is 6.30. The molecule has 1 heterocycles. The molecule has 11 heavy (non-hydrogen) atoms. The third-order valence-corrected chi connectivity index (χ3v) is 1.49. The number of aliphatic hydroxyl groups excluding tert-OH is 2. The van der Waals surface area contributed by atoms with Crippen molar-refractivity contribution in [2.75, 3.05) is 13.1 Å². The summed E-state index contributed by atoms with van der Waals surface area (Å²) >= 11 is 0. The first-order chi connectivity index (χ1) is 5.09. The van der Waals surface area contributed by atoms with Crippen molar-refractivity contribution in [3.05, 3.63) is 0 Å². The summed E-state index contributed by atoms with van der Waals surface area (Å²) in [7, 11) is 0. The molecule has 2 atom stereocenters. The van der Waals surface area contributed by atoms with E-state index in [4.69, 9.17) is 15.4 Å². The van der Waals surface area contributed by atoms with E-state index in [1.807, 2.05) is 0 Å². The molecule has 0 aliphatic carbocycles. The molecule has 0 aromatic carbocycles. The van der Waals surface area contributed by atoms with E-state index in [2.05, 4.69) is 5.53 Å². The van der Waals surface area contributed by atoms with Gasteiger partial charge in [-0.15, -0.1) is 5.17 Å². The van der Waals surface area contributed by atoms with Crippen molar-refractivity contribution in [3.63, 3.8) is 0 Å². The largest absolute Gasteiger partial charge is 0.390 e. The van der Waals surface area contributed by atoms with Gasteiger partial charge >= 0.3 is 0 Å². The highest BCUT2D eigenvalue weighted by molar-refractivity contribution is 4.66. The SMILES string of the molecule is CC(O)N1CC(O)CN(O)N1. The van der Waals surface area contributed by atoms with Crippen LogP contribution in [0, 0.1) is 0 Å². The molecule has 0 bridgehead atoms. The van der Waals surface area contributed by atoms with Gasteiger partial charge in [-0.2, -0.15) is 10.5 Å². The van der Waals surface area contributed by atoms with Crippen molar-refractivity contribution < 1.29 is 15.4 Å². The standard InChI is InChI=1S/C5H13N3O3/c1-4(9)7-2-5(10)3-8(11)6-7/h4-6,9-11H,2-3H2,1H3. The molecule has 2 unspecified atom stereocenters. The normalized spacial score (nSPS) is 32.2. The molecule has 0 amide bonds. The fourth-order valence-electron chi connectivity index (χ4n) is 0.950. The Morgan fingerprint density at radius 3 is 2.64 bits per heavy atom. The van der Waals surface area contributed by atoms with E-state index in [0.717, 1.165) is 5.17 Å². The van der Waals surface area contributed by atoms with E-state index in [1.165, 1.54) is 5.01 Å². The van der Waals surface area contributed by atoms with E-state index in [-0.39, 0.29) is 6.54 Å². The molecule has 1 saturated heterocycles. The van der Waals surface area contributed by atoms with Crippen LogP contribution in [-0.4, -0.2) is 51.0 Å². The molecule has 1 rings (SSSR count). The summed E-state index contributed by atoms with van der Waals surface area (Å²) in [6.07, 6.45) is -1.38. The summed E-state index contributed by atoms with van der Waals surface area (Å²) < 4.78 is 0. The minimum absolute atomic E-state index is 0.142. The van der Waals surface area contributed by atoms with Crippen molar-refractivity contribution >= 4 is 0 Å². The van der Waals surface area contributed by atoms with Crippen LogP contribution < -0.4 is 5.53 Å².